The molecule has 0 saturated carbocycles. The van der Waals surface area contributed by atoms with E-state index in [1.54, 1.807) is 0 Å². The fourth-order valence-corrected chi connectivity index (χ4v) is 1.89. The zero-order valence-electron chi connectivity index (χ0n) is 11.2. The Labute approximate surface area is 116 Å². The maximum Gasteiger partial charge on any atom is 0.258 e. The van der Waals surface area contributed by atoms with Crippen LogP contribution < -0.4 is 4.90 Å². The Bertz CT molecular complexity index is 528. The predicted molar refractivity (Wildman–Crippen MR) is 72.5 cm³/mol. The number of nitrogens with zero attached hydrogens (tertiary/aromatic N) is 7. The van der Waals surface area contributed by atoms with Crippen LogP contribution in [0.2, 0.25) is 5.28 Å². The highest BCUT2D eigenvalue weighted by atomic mass is 35.5. The van der Waals surface area contributed by atoms with Gasteiger partial charge < -0.3 is 4.90 Å². The van der Waals surface area contributed by atoms with Crippen molar-refractivity contribution in [1.82, 2.24) is 29.7 Å². The molecule has 1 unspecified atom stereocenters. The van der Waals surface area contributed by atoms with Gasteiger partial charge in [0.2, 0.25) is 11.2 Å². The Kier molecular flexibility index (Phi) is 4.26. The molecule has 7 nitrogen and oxygen atoms in total. The SMILES string of the molecule is CCC(C)N(CC)c1nc(Cl)nc(-n2cncn2)n1. The van der Waals surface area contributed by atoms with E-state index < -0.39 is 0 Å². The highest BCUT2D eigenvalue weighted by Gasteiger charge is 2.16. The summed E-state index contributed by atoms with van der Waals surface area (Å²) >= 11 is 5.97. The Balaban J connectivity index is 2.41. The van der Waals surface area contributed by atoms with Crippen molar-refractivity contribution in [3.63, 3.8) is 0 Å². The van der Waals surface area contributed by atoms with Crippen LogP contribution in [0.3, 0.4) is 0 Å². The topological polar surface area (TPSA) is 72.6 Å². The third kappa shape index (κ3) is 2.98. The van der Waals surface area contributed by atoms with Crippen molar-refractivity contribution in [2.75, 3.05) is 11.4 Å². The van der Waals surface area contributed by atoms with Crippen molar-refractivity contribution >= 4 is 17.5 Å². The molecule has 0 aliphatic heterocycles. The second kappa shape index (κ2) is 5.92. The first-order valence-electron chi connectivity index (χ1n) is 6.18. The van der Waals surface area contributed by atoms with Crippen LogP contribution in [-0.4, -0.2) is 42.3 Å². The van der Waals surface area contributed by atoms with Crippen LogP contribution in [-0.2, 0) is 0 Å². The summed E-state index contributed by atoms with van der Waals surface area (Å²) in [6.07, 6.45) is 3.94. The smallest absolute Gasteiger partial charge is 0.258 e. The standard InChI is InChI=1S/C11H16ClN7/c1-4-8(3)18(5-2)10-15-9(12)16-11(17-10)19-7-13-6-14-19/h6-8H,4-5H2,1-3H3. The van der Waals surface area contributed by atoms with E-state index in [0.717, 1.165) is 13.0 Å². The molecule has 2 heterocycles. The first-order valence-corrected chi connectivity index (χ1v) is 6.56. The largest absolute Gasteiger partial charge is 0.338 e. The number of hydrogen-bond acceptors (Lipinski definition) is 6. The number of halogens is 1. The maximum absolute atomic E-state index is 5.97. The summed E-state index contributed by atoms with van der Waals surface area (Å²) in [7, 11) is 0. The molecule has 0 saturated heterocycles. The molecule has 19 heavy (non-hydrogen) atoms. The summed E-state index contributed by atoms with van der Waals surface area (Å²) in [6, 6.07) is 0.326. The molecule has 0 aliphatic carbocycles. The molecule has 1 atom stereocenters. The molecule has 0 aliphatic rings. The Hall–Kier alpha value is -1.76. The highest BCUT2D eigenvalue weighted by molar-refractivity contribution is 6.28. The third-order valence-corrected chi connectivity index (χ3v) is 3.10. The Morgan fingerprint density at radius 3 is 2.68 bits per heavy atom. The first-order chi connectivity index (χ1) is 9.15. The molecular weight excluding hydrogens is 266 g/mol. The quantitative estimate of drug-likeness (QED) is 0.831. The van der Waals surface area contributed by atoms with E-state index in [0.29, 0.717) is 17.9 Å². The molecule has 0 aromatic carbocycles. The van der Waals surface area contributed by atoms with Crippen molar-refractivity contribution in [2.45, 2.75) is 33.2 Å². The summed E-state index contributed by atoms with van der Waals surface area (Å²) < 4.78 is 1.46. The van der Waals surface area contributed by atoms with E-state index in [4.69, 9.17) is 11.6 Å². The van der Waals surface area contributed by atoms with E-state index in [-0.39, 0.29) is 5.28 Å². The van der Waals surface area contributed by atoms with Gasteiger partial charge in [-0.25, -0.2) is 4.98 Å². The van der Waals surface area contributed by atoms with E-state index in [9.17, 15) is 0 Å². The zero-order chi connectivity index (χ0) is 13.8. The second-order valence-electron chi connectivity index (χ2n) is 4.09. The maximum atomic E-state index is 5.97. The molecule has 2 aromatic heterocycles. The molecule has 0 radical (unpaired) electrons. The fraction of sp³-hybridized carbons (Fsp3) is 0.545. The van der Waals surface area contributed by atoms with Crippen LogP contribution in [0.15, 0.2) is 12.7 Å². The van der Waals surface area contributed by atoms with Crippen LogP contribution in [0.5, 0.6) is 0 Å². The van der Waals surface area contributed by atoms with Gasteiger partial charge in [-0.1, -0.05) is 6.92 Å². The van der Waals surface area contributed by atoms with Gasteiger partial charge in [-0.05, 0) is 31.9 Å². The highest BCUT2D eigenvalue weighted by Crippen LogP contribution is 2.16. The van der Waals surface area contributed by atoms with Gasteiger partial charge in [0.05, 0.1) is 0 Å². The van der Waals surface area contributed by atoms with Gasteiger partial charge in [-0.3, -0.25) is 0 Å². The van der Waals surface area contributed by atoms with E-state index in [1.807, 2.05) is 0 Å². The van der Waals surface area contributed by atoms with E-state index >= 15 is 0 Å². The summed E-state index contributed by atoms with van der Waals surface area (Å²) in [5, 5.41) is 4.14. The summed E-state index contributed by atoms with van der Waals surface area (Å²) in [4.78, 5) is 18.6. The summed E-state index contributed by atoms with van der Waals surface area (Å²) in [5.74, 6) is 0.927. The van der Waals surface area contributed by atoms with Crippen molar-refractivity contribution in [3.8, 4) is 5.95 Å². The van der Waals surface area contributed by atoms with Crippen molar-refractivity contribution in [2.24, 2.45) is 0 Å². The minimum absolute atomic E-state index is 0.150. The minimum Gasteiger partial charge on any atom is -0.338 e. The van der Waals surface area contributed by atoms with Crippen molar-refractivity contribution in [3.05, 3.63) is 17.9 Å². The molecule has 0 N–H and O–H groups in total. The third-order valence-electron chi connectivity index (χ3n) is 2.93. The van der Waals surface area contributed by atoms with E-state index in [2.05, 4.69) is 50.7 Å². The lowest BCUT2D eigenvalue weighted by molar-refractivity contribution is 0.610. The van der Waals surface area contributed by atoms with Gasteiger partial charge in [0.1, 0.15) is 12.7 Å². The van der Waals surface area contributed by atoms with Crippen molar-refractivity contribution < 1.29 is 0 Å². The van der Waals surface area contributed by atoms with Crippen LogP contribution in [0, 0.1) is 0 Å². The first kappa shape index (κ1) is 13.7. The number of anilines is 1. The minimum atomic E-state index is 0.150. The molecule has 2 aromatic rings. The summed E-state index contributed by atoms with van der Waals surface area (Å²) in [6.45, 7) is 7.09. The lowest BCUT2D eigenvalue weighted by Crippen LogP contribution is -2.34. The Morgan fingerprint density at radius 2 is 2.11 bits per heavy atom. The molecule has 0 amide bonds. The van der Waals surface area contributed by atoms with Gasteiger partial charge in [0.15, 0.2) is 0 Å². The van der Waals surface area contributed by atoms with Crippen LogP contribution in [0.25, 0.3) is 5.95 Å². The van der Waals surface area contributed by atoms with Gasteiger partial charge in [-0.15, -0.1) is 0 Å². The van der Waals surface area contributed by atoms with Gasteiger partial charge >= 0.3 is 0 Å². The number of aromatic nitrogens is 6. The normalized spacial score (nSPS) is 12.4. The van der Waals surface area contributed by atoms with E-state index in [1.165, 1.54) is 17.3 Å². The number of rotatable bonds is 5. The van der Waals surface area contributed by atoms with Gasteiger partial charge in [-0.2, -0.15) is 24.7 Å². The number of hydrogen-bond donors (Lipinski definition) is 0. The second-order valence-corrected chi connectivity index (χ2v) is 4.43. The van der Waals surface area contributed by atoms with Gasteiger partial charge in [0, 0.05) is 12.6 Å². The monoisotopic (exact) mass is 281 g/mol. The molecule has 0 fully saturated rings. The lowest BCUT2D eigenvalue weighted by Gasteiger charge is -2.27. The van der Waals surface area contributed by atoms with Gasteiger partial charge in [0.25, 0.3) is 5.95 Å². The zero-order valence-corrected chi connectivity index (χ0v) is 11.9. The molecule has 102 valence electrons. The molecular formula is C11H16ClN7. The van der Waals surface area contributed by atoms with Crippen LogP contribution in [0.1, 0.15) is 27.2 Å². The summed E-state index contributed by atoms with van der Waals surface area (Å²) in [5.41, 5.74) is 0. The average molecular weight is 282 g/mol. The van der Waals surface area contributed by atoms with Crippen molar-refractivity contribution in [1.29, 1.82) is 0 Å². The molecule has 0 bridgehead atoms. The molecule has 2 rings (SSSR count). The molecule has 8 heteroatoms. The Morgan fingerprint density at radius 1 is 1.32 bits per heavy atom. The molecule has 0 spiro atoms. The average Bonchev–Trinajstić information content (AvgIpc) is 2.92. The van der Waals surface area contributed by atoms with Crippen LogP contribution in [0.4, 0.5) is 5.95 Å². The fourth-order valence-electron chi connectivity index (χ4n) is 1.74. The predicted octanol–water partition coefficient (Wildman–Crippen LogP) is 1.73. The lowest BCUT2D eigenvalue weighted by atomic mass is 10.2. The van der Waals surface area contributed by atoms with Crippen LogP contribution >= 0.6 is 11.6 Å².